The van der Waals surface area contributed by atoms with Crippen molar-refractivity contribution in [3.8, 4) is 0 Å². The van der Waals surface area contributed by atoms with Gasteiger partial charge in [-0.25, -0.2) is 0 Å². The van der Waals surface area contributed by atoms with Crippen molar-refractivity contribution in [1.29, 1.82) is 0 Å². The molecule has 1 amide bonds. The van der Waals surface area contributed by atoms with Crippen molar-refractivity contribution in [2.45, 2.75) is 51.1 Å². The molecule has 80 valence electrons. The van der Waals surface area contributed by atoms with Crippen molar-refractivity contribution >= 4 is 5.91 Å². The van der Waals surface area contributed by atoms with Crippen LogP contribution in [0.2, 0.25) is 0 Å². The van der Waals surface area contributed by atoms with Gasteiger partial charge in [-0.1, -0.05) is 0 Å². The van der Waals surface area contributed by atoms with Gasteiger partial charge in [-0.05, 0) is 39.2 Å². The Bertz CT molecular complexity index is 237. The van der Waals surface area contributed by atoms with Crippen molar-refractivity contribution in [3.63, 3.8) is 0 Å². The van der Waals surface area contributed by atoms with Gasteiger partial charge in [0.05, 0.1) is 0 Å². The summed E-state index contributed by atoms with van der Waals surface area (Å²) < 4.78 is 0. The van der Waals surface area contributed by atoms with E-state index in [9.17, 15) is 4.79 Å². The van der Waals surface area contributed by atoms with Gasteiger partial charge in [0.25, 0.3) is 0 Å². The fourth-order valence-corrected chi connectivity index (χ4v) is 3.01. The molecule has 14 heavy (non-hydrogen) atoms. The fraction of sp³-hybridized carbons (Fsp3) is 0.909. The second kappa shape index (κ2) is 3.54. The summed E-state index contributed by atoms with van der Waals surface area (Å²) in [5.74, 6) is 0.240. The molecule has 0 radical (unpaired) electrons. The molecule has 0 aromatic carbocycles. The normalized spacial score (nSPS) is 37.9. The smallest absolute Gasteiger partial charge is 0.219 e. The van der Waals surface area contributed by atoms with Crippen LogP contribution in [0.3, 0.4) is 0 Å². The number of fused-ring (bicyclic) bond motifs is 1. The Hall–Kier alpha value is -0.570. The first-order chi connectivity index (χ1) is 6.63. The molecular formula is C11H20N2O. The molecule has 2 heterocycles. The zero-order valence-electron chi connectivity index (χ0n) is 9.18. The van der Waals surface area contributed by atoms with Gasteiger partial charge in [0.15, 0.2) is 0 Å². The number of rotatable bonds is 0. The first-order valence-electron chi connectivity index (χ1n) is 5.66. The molecule has 3 nitrogen and oxygen atoms in total. The Morgan fingerprint density at radius 2 is 2.29 bits per heavy atom. The molecule has 2 fully saturated rings. The minimum atomic E-state index is 0.183. The van der Waals surface area contributed by atoms with Gasteiger partial charge < -0.3 is 10.2 Å². The number of carbonyl (C=O) groups is 1. The SMILES string of the molecule is CC(=O)N1CCC[C@]2(C)NCCC[C@@H]12. The maximum absolute atomic E-state index is 11.5. The second-order valence-corrected chi connectivity index (χ2v) is 4.82. The summed E-state index contributed by atoms with van der Waals surface area (Å²) in [6.45, 7) is 6.03. The second-order valence-electron chi connectivity index (χ2n) is 4.82. The van der Waals surface area contributed by atoms with E-state index in [1.165, 1.54) is 19.3 Å². The van der Waals surface area contributed by atoms with Gasteiger partial charge in [-0.2, -0.15) is 0 Å². The molecule has 0 aliphatic carbocycles. The van der Waals surface area contributed by atoms with Gasteiger partial charge in [0, 0.05) is 25.0 Å². The van der Waals surface area contributed by atoms with Crippen LogP contribution in [-0.4, -0.2) is 35.5 Å². The van der Waals surface area contributed by atoms with Crippen LogP contribution in [0.25, 0.3) is 0 Å². The summed E-state index contributed by atoms with van der Waals surface area (Å²) in [7, 11) is 0. The molecule has 0 bridgehead atoms. The van der Waals surface area contributed by atoms with E-state index in [1.54, 1.807) is 6.92 Å². The Balaban J connectivity index is 2.18. The number of hydrogen-bond donors (Lipinski definition) is 1. The maximum atomic E-state index is 11.5. The Kier molecular flexibility index (Phi) is 2.52. The van der Waals surface area contributed by atoms with E-state index in [1.807, 2.05) is 0 Å². The molecule has 0 aromatic heterocycles. The van der Waals surface area contributed by atoms with Crippen molar-refractivity contribution in [3.05, 3.63) is 0 Å². The van der Waals surface area contributed by atoms with E-state index in [-0.39, 0.29) is 11.4 Å². The fourth-order valence-electron chi connectivity index (χ4n) is 3.01. The van der Waals surface area contributed by atoms with Gasteiger partial charge in [-0.3, -0.25) is 4.79 Å². The number of carbonyl (C=O) groups excluding carboxylic acids is 1. The van der Waals surface area contributed by atoms with Gasteiger partial charge >= 0.3 is 0 Å². The van der Waals surface area contributed by atoms with Crippen LogP contribution in [0.4, 0.5) is 0 Å². The first-order valence-corrected chi connectivity index (χ1v) is 5.66. The molecule has 1 N–H and O–H groups in total. The maximum Gasteiger partial charge on any atom is 0.219 e. The summed E-state index contributed by atoms with van der Waals surface area (Å²) in [6.07, 6.45) is 4.72. The lowest BCUT2D eigenvalue weighted by atomic mass is 9.78. The molecule has 3 heteroatoms. The molecule has 0 spiro atoms. The number of amides is 1. The van der Waals surface area contributed by atoms with Crippen molar-refractivity contribution in [2.24, 2.45) is 0 Å². The topological polar surface area (TPSA) is 32.3 Å². The lowest BCUT2D eigenvalue weighted by molar-refractivity contribution is -0.136. The highest BCUT2D eigenvalue weighted by molar-refractivity contribution is 5.74. The third-order valence-corrected chi connectivity index (χ3v) is 3.79. The monoisotopic (exact) mass is 196 g/mol. The summed E-state index contributed by atoms with van der Waals surface area (Å²) >= 11 is 0. The molecule has 2 rings (SSSR count). The van der Waals surface area contributed by atoms with Gasteiger partial charge in [0.2, 0.25) is 5.91 Å². The zero-order valence-corrected chi connectivity index (χ0v) is 9.18. The summed E-state index contributed by atoms with van der Waals surface area (Å²) in [5.41, 5.74) is 0.183. The van der Waals surface area contributed by atoms with E-state index in [0.29, 0.717) is 6.04 Å². The lowest BCUT2D eigenvalue weighted by Gasteiger charge is -2.51. The van der Waals surface area contributed by atoms with E-state index < -0.39 is 0 Å². The third-order valence-electron chi connectivity index (χ3n) is 3.79. The largest absolute Gasteiger partial charge is 0.338 e. The van der Waals surface area contributed by atoms with Crippen molar-refractivity contribution < 1.29 is 4.79 Å². The van der Waals surface area contributed by atoms with Crippen molar-refractivity contribution in [1.82, 2.24) is 10.2 Å². The van der Waals surface area contributed by atoms with Crippen LogP contribution in [-0.2, 0) is 4.79 Å². The highest BCUT2D eigenvalue weighted by Gasteiger charge is 2.43. The molecule has 2 aliphatic rings. The number of nitrogens with zero attached hydrogens (tertiary/aromatic N) is 1. The van der Waals surface area contributed by atoms with Crippen LogP contribution in [0, 0.1) is 0 Å². The number of piperidine rings is 2. The average Bonchev–Trinajstić information content (AvgIpc) is 2.15. The van der Waals surface area contributed by atoms with Crippen LogP contribution in [0.5, 0.6) is 0 Å². The lowest BCUT2D eigenvalue weighted by Crippen LogP contribution is -2.65. The van der Waals surface area contributed by atoms with E-state index in [2.05, 4.69) is 17.1 Å². The van der Waals surface area contributed by atoms with Crippen LogP contribution >= 0.6 is 0 Å². The highest BCUT2D eigenvalue weighted by Crippen LogP contribution is 2.32. The molecular weight excluding hydrogens is 176 g/mol. The standard InChI is InChI=1S/C11H20N2O/c1-9(14)13-8-4-6-11(2)10(13)5-3-7-12-11/h10,12H,3-8H2,1-2H3/t10-,11+/m1/s1. The molecule has 2 saturated heterocycles. The molecule has 2 atom stereocenters. The van der Waals surface area contributed by atoms with E-state index in [4.69, 9.17) is 0 Å². The molecule has 2 aliphatic heterocycles. The van der Waals surface area contributed by atoms with Gasteiger partial charge in [-0.15, -0.1) is 0 Å². The predicted molar refractivity (Wildman–Crippen MR) is 56.1 cm³/mol. The Morgan fingerprint density at radius 1 is 1.50 bits per heavy atom. The van der Waals surface area contributed by atoms with Gasteiger partial charge in [0.1, 0.15) is 0 Å². The minimum Gasteiger partial charge on any atom is -0.338 e. The average molecular weight is 196 g/mol. The number of nitrogens with one attached hydrogen (secondary N) is 1. The molecule has 0 saturated carbocycles. The van der Waals surface area contributed by atoms with E-state index >= 15 is 0 Å². The Morgan fingerprint density at radius 3 is 3.00 bits per heavy atom. The third kappa shape index (κ3) is 1.54. The quantitative estimate of drug-likeness (QED) is 0.630. The van der Waals surface area contributed by atoms with E-state index in [0.717, 1.165) is 19.5 Å². The first kappa shape index (κ1) is 9.97. The Labute approximate surface area is 85.8 Å². The predicted octanol–water partition coefficient (Wildman–Crippen LogP) is 1.14. The van der Waals surface area contributed by atoms with Crippen LogP contribution in [0.15, 0.2) is 0 Å². The molecule has 0 aromatic rings. The molecule has 0 unspecified atom stereocenters. The number of hydrogen-bond acceptors (Lipinski definition) is 2. The zero-order chi connectivity index (χ0) is 10.2. The summed E-state index contributed by atoms with van der Waals surface area (Å²) in [6, 6.07) is 0.433. The summed E-state index contributed by atoms with van der Waals surface area (Å²) in [5, 5.41) is 3.59. The van der Waals surface area contributed by atoms with Crippen LogP contribution < -0.4 is 5.32 Å². The minimum absolute atomic E-state index is 0.183. The highest BCUT2D eigenvalue weighted by atomic mass is 16.2. The van der Waals surface area contributed by atoms with Crippen LogP contribution in [0.1, 0.15) is 39.5 Å². The summed E-state index contributed by atoms with van der Waals surface area (Å²) in [4.78, 5) is 13.6. The number of likely N-dealkylation sites (tertiary alicyclic amines) is 1. The van der Waals surface area contributed by atoms with Crippen molar-refractivity contribution in [2.75, 3.05) is 13.1 Å².